The third-order valence-electron chi connectivity index (χ3n) is 4.15. The summed E-state index contributed by atoms with van der Waals surface area (Å²) in [7, 11) is 1.89. The third kappa shape index (κ3) is 3.80. The van der Waals surface area contributed by atoms with Crippen molar-refractivity contribution in [2.24, 2.45) is 7.05 Å². The number of carbonyl (C=O) groups is 1. The van der Waals surface area contributed by atoms with Crippen molar-refractivity contribution in [3.63, 3.8) is 0 Å². The van der Waals surface area contributed by atoms with Crippen molar-refractivity contribution in [2.45, 2.75) is 71.2 Å². The molecule has 1 aliphatic rings. The van der Waals surface area contributed by atoms with E-state index in [4.69, 9.17) is 4.74 Å². The lowest BCUT2D eigenvalue weighted by Gasteiger charge is -2.27. The number of nitrogens with zero attached hydrogens (tertiary/aromatic N) is 2. The van der Waals surface area contributed by atoms with Crippen LogP contribution in [-0.4, -0.2) is 33.1 Å². The number of hydrogen-bond donors (Lipinski definition) is 2. The number of ether oxygens (including phenoxy) is 1. The normalized spacial score (nSPS) is 22.5. The molecule has 1 aromatic heterocycles. The predicted octanol–water partition coefficient (Wildman–Crippen LogP) is 2.13. The molecule has 1 fully saturated rings. The zero-order valence-electron chi connectivity index (χ0n) is 14.5. The molecule has 6 nitrogen and oxygen atoms in total. The van der Waals surface area contributed by atoms with Crippen LogP contribution < -0.4 is 10.6 Å². The van der Waals surface area contributed by atoms with Crippen LogP contribution in [0.4, 0.5) is 4.79 Å². The molecule has 0 radical (unpaired) electrons. The van der Waals surface area contributed by atoms with E-state index in [1.54, 1.807) is 4.68 Å². The molecule has 6 heteroatoms. The lowest BCUT2D eigenvalue weighted by Crippen LogP contribution is -2.49. The smallest absolute Gasteiger partial charge is 0.315 e. The Balaban J connectivity index is 1.91. The van der Waals surface area contributed by atoms with Gasteiger partial charge in [-0.15, -0.1) is 0 Å². The highest BCUT2D eigenvalue weighted by Crippen LogP contribution is 2.37. The second-order valence-electron chi connectivity index (χ2n) is 7.18. The van der Waals surface area contributed by atoms with Crippen molar-refractivity contribution in [1.82, 2.24) is 20.4 Å². The fourth-order valence-electron chi connectivity index (χ4n) is 3.20. The summed E-state index contributed by atoms with van der Waals surface area (Å²) in [4.78, 5) is 12.2. The molecule has 1 saturated heterocycles. The first-order chi connectivity index (χ1) is 10.1. The summed E-state index contributed by atoms with van der Waals surface area (Å²) >= 11 is 0. The van der Waals surface area contributed by atoms with Crippen LogP contribution in [0.25, 0.3) is 0 Å². The van der Waals surface area contributed by atoms with Crippen molar-refractivity contribution < 1.29 is 9.53 Å². The van der Waals surface area contributed by atoms with E-state index in [0.717, 1.165) is 24.1 Å². The molecule has 1 aliphatic heterocycles. The maximum absolute atomic E-state index is 12.2. The summed E-state index contributed by atoms with van der Waals surface area (Å²) in [6.45, 7) is 10.7. The van der Waals surface area contributed by atoms with Crippen molar-refractivity contribution >= 4 is 6.03 Å². The zero-order chi connectivity index (χ0) is 16.5. The Morgan fingerprint density at radius 3 is 2.68 bits per heavy atom. The molecule has 0 unspecified atom stereocenters. The van der Waals surface area contributed by atoms with Gasteiger partial charge in [0.25, 0.3) is 0 Å². The molecular weight excluding hydrogens is 280 g/mol. The van der Waals surface area contributed by atoms with Crippen LogP contribution in [0, 0.1) is 0 Å². The van der Waals surface area contributed by atoms with Gasteiger partial charge in [0.05, 0.1) is 22.9 Å². The Morgan fingerprint density at radius 2 is 2.14 bits per heavy atom. The summed E-state index contributed by atoms with van der Waals surface area (Å²) in [5.41, 5.74) is 1.51. The maximum Gasteiger partial charge on any atom is 0.315 e. The SMILES string of the molecule is CCc1nn(C)cc1CNC(=O)N[C@H]1CC(C)(C)OC1(C)C. The number of amides is 2. The highest BCUT2D eigenvalue weighted by atomic mass is 16.5. The maximum atomic E-state index is 12.2. The third-order valence-corrected chi connectivity index (χ3v) is 4.15. The van der Waals surface area contributed by atoms with E-state index in [9.17, 15) is 4.79 Å². The Morgan fingerprint density at radius 1 is 1.45 bits per heavy atom. The van der Waals surface area contributed by atoms with E-state index in [1.165, 1.54) is 0 Å². The molecule has 2 heterocycles. The fourth-order valence-corrected chi connectivity index (χ4v) is 3.20. The molecule has 1 atom stereocenters. The number of rotatable bonds is 4. The molecule has 0 spiro atoms. The van der Waals surface area contributed by atoms with Gasteiger partial charge in [-0.2, -0.15) is 5.10 Å². The molecule has 2 rings (SSSR count). The van der Waals surface area contributed by atoms with Gasteiger partial charge in [0.2, 0.25) is 0 Å². The number of hydrogen-bond acceptors (Lipinski definition) is 3. The van der Waals surface area contributed by atoms with Gasteiger partial charge >= 0.3 is 6.03 Å². The van der Waals surface area contributed by atoms with Gasteiger partial charge in [-0.05, 0) is 40.5 Å². The molecule has 0 aromatic carbocycles. The molecule has 1 aromatic rings. The van der Waals surface area contributed by atoms with Crippen LogP contribution in [0.3, 0.4) is 0 Å². The van der Waals surface area contributed by atoms with E-state index in [1.807, 2.05) is 27.1 Å². The summed E-state index contributed by atoms with van der Waals surface area (Å²) < 4.78 is 7.78. The van der Waals surface area contributed by atoms with Crippen LogP contribution >= 0.6 is 0 Å². The van der Waals surface area contributed by atoms with Gasteiger partial charge < -0.3 is 15.4 Å². The van der Waals surface area contributed by atoms with E-state index in [-0.39, 0.29) is 23.3 Å². The van der Waals surface area contributed by atoms with Gasteiger partial charge in [0, 0.05) is 25.4 Å². The standard InChI is InChI=1S/C16H28N4O2/c1-7-12-11(10-20(6)19-12)9-17-14(21)18-13-8-15(2,3)22-16(13,4)5/h10,13H,7-9H2,1-6H3,(H2,17,18,21)/t13-/m0/s1. The molecule has 0 bridgehead atoms. The highest BCUT2D eigenvalue weighted by Gasteiger charge is 2.46. The van der Waals surface area contributed by atoms with E-state index in [0.29, 0.717) is 6.54 Å². The predicted molar refractivity (Wildman–Crippen MR) is 85.6 cm³/mol. The minimum Gasteiger partial charge on any atom is -0.367 e. The molecule has 0 aliphatic carbocycles. The van der Waals surface area contributed by atoms with Crippen molar-refractivity contribution in [1.29, 1.82) is 0 Å². The average molecular weight is 308 g/mol. The highest BCUT2D eigenvalue weighted by molar-refractivity contribution is 5.74. The number of carbonyl (C=O) groups excluding carboxylic acids is 1. The monoisotopic (exact) mass is 308 g/mol. The Bertz CT molecular complexity index is 548. The summed E-state index contributed by atoms with van der Waals surface area (Å²) in [6, 6.07) is -0.160. The van der Waals surface area contributed by atoms with Gasteiger partial charge in [0.1, 0.15) is 0 Å². The van der Waals surface area contributed by atoms with Gasteiger partial charge in [0.15, 0.2) is 0 Å². The molecule has 2 N–H and O–H groups in total. The first kappa shape index (κ1) is 16.8. The van der Waals surface area contributed by atoms with Crippen LogP contribution in [0.5, 0.6) is 0 Å². The zero-order valence-corrected chi connectivity index (χ0v) is 14.5. The van der Waals surface area contributed by atoms with Crippen molar-refractivity contribution in [3.05, 3.63) is 17.5 Å². The van der Waals surface area contributed by atoms with Gasteiger partial charge in [-0.1, -0.05) is 6.92 Å². The van der Waals surface area contributed by atoms with E-state index in [2.05, 4.69) is 36.5 Å². The Labute approximate surface area is 132 Å². The molecule has 2 amide bonds. The van der Waals surface area contributed by atoms with E-state index < -0.39 is 0 Å². The topological polar surface area (TPSA) is 68.2 Å². The quantitative estimate of drug-likeness (QED) is 0.895. The van der Waals surface area contributed by atoms with Gasteiger partial charge in [-0.3, -0.25) is 4.68 Å². The van der Waals surface area contributed by atoms with Crippen LogP contribution in [-0.2, 0) is 24.8 Å². The molecular formula is C16H28N4O2. The number of aromatic nitrogens is 2. The second kappa shape index (κ2) is 5.91. The largest absolute Gasteiger partial charge is 0.367 e. The lowest BCUT2D eigenvalue weighted by molar-refractivity contribution is -0.0690. The molecule has 0 saturated carbocycles. The van der Waals surface area contributed by atoms with Crippen LogP contribution in [0.2, 0.25) is 0 Å². The van der Waals surface area contributed by atoms with Crippen LogP contribution in [0.15, 0.2) is 6.20 Å². The van der Waals surface area contributed by atoms with E-state index >= 15 is 0 Å². The second-order valence-corrected chi connectivity index (χ2v) is 7.18. The summed E-state index contributed by atoms with van der Waals surface area (Å²) in [5, 5.41) is 10.3. The summed E-state index contributed by atoms with van der Waals surface area (Å²) in [5.74, 6) is 0. The fraction of sp³-hybridized carbons (Fsp3) is 0.750. The Kier molecular flexibility index (Phi) is 4.52. The summed E-state index contributed by atoms with van der Waals surface area (Å²) in [6.07, 6.45) is 3.61. The van der Waals surface area contributed by atoms with Crippen molar-refractivity contribution in [2.75, 3.05) is 0 Å². The number of nitrogens with one attached hydrogen (secondary N) is 2. The Hall–Kier alpha value is -1.56. The average Bonchev–Trinajstić information content (AvgIpc) is 2.83. The number of urea groups is 1. The number of aryl methyl sites for hydroxylation is 2. The molecule has 22 heavy (non-hydrogen) atoms. The first-order valence-electron chi connectivity index (χ1n) is 7.89. The minimum atomic E-state index is -0.357. The van der Waals surface area contributed by atoms with Crippen LogP contribution in [0.1, 0.15) is 52.3 Å². The minimum absolute atomic E-state index is 0.00189. The van der Waals surface area contributed by atoms with Gasteiger partial charge in [-0.25, -0.2) is 4.79 Å². The lowest BCUT2D eigenvalue weighted by atomic mass is 9.95. The van der Waals surface area contributed by atoms with Crippen molar-refractivity contribution in [3.8, 4) is 0 Å². The molecule has 124 valence electrons. The first-order valence-corrected chi connectivity index (χ1v) is 7.89.